The van der Waals surface area contributed by atoms with Crippen LogP contribution in [0.2, 0.25) is 0 Å². The molecule has 1 aromatic heterocycles. The van der Waals surface area contributed by atoms with Crippen molar-refractivity contribution < 1.29 is 18.7 Å². The van der Waals surface area contributed by atoms with Crippen LogP contribution >= 0.6 is 0 Å². The van der Waals surface area contributed by atoms with Gasteiger partial charge in [0.2, 0.25) is 11.8 Å². The number of carbonyl (C=O) groups is 2. The van der Waals surface area contributed by atoms with Crippen LogP contribution in [0.3, 0.4) is 0 Å². The first kappa shape index (κ1) is 22.9. The normalized spacial score (nSPS) is 20.3. The van der Waals surface area contributed by atoms with Crippen LogP contribution in [0.15, 0.2) is 30.7 Å². The molecule has 1 unspecified atom stereocenters. The molecule has 0 aliphatic carbocycles. The number of rotatable bonds is 7. The van der Waals surface area contributed by atoms with Crippen molar-refractivity contribution in [1.82, 2.24) is 20.6 Å². The molecule has 2 saturated heterocycles. The van der Waals surface area contributed by atoms with E-state index in [9.17, 15) is 14.0 Å². The van der Waals surface area contributed by atoms with Gasteiger partial charge >= 0.3 is 0 Å². The van der Waals surface area contributed by atoms with Gasteiger partial charge in [-0.1, -0.05) is 0 Å². The standard InChI is InChI=1S/C23H29FN6O3/c1-22(2,21(32)28-11-19(25)31)16-9-15(24)3-4-17(16)33-18-10-27-14-29-20(18)30-8-6-23(13-30)5-7-26-12-23/h3-4,9-10,14,26H,5-8,11-13H2,1-2H3,(H2,25,31)(H,28,32). The number of nitrogens with one attached hydrogen (secondary N) is 2. The maximum Gasteiger partial charge on any atom is 0.236 e. The van der Waals surface area contributed by atoms with Gasteiger partial charge in [0.1, 0.15) is 17.9 Å². The minimum atomic E-state index is -1.20. The Morgan fingerprint density at radius 1 is 1.33 bits per heavy atom. The zero-order valence-electron chi connectivity index (χ0n) is 18.9. The summed E-state index contributed by atoms with van der Waals surface area (Å²) in [4.78, 5) is 34.6. The van der Waals surface area contributed by atoms with Crippen LogP contribution in [0.25, 0.3) is 0 Å². The fourth-order valence-corrected chi connectivity index (χ4v) is 4.59. The Morgan fingerprint density at radius 3 is 2.88 bits per heavy atom. The molecule has 2 fully saturated rings. The van der Waals surface area contributed by atoms with Crippen LogP contribution in [0.4, 0.5) is 10.2 Å². The third-order valence-corrected chi connectivity index (χ3v) is 6.55. The van der Waals surface area contributed by atoms with E-state index < -0.39 is 23.0 Å². The minimum absolute atomic E-state index is 0.240. The van der Waals surface area contributed by atoms with E-state index in [0.29, 0.717) is 22.9 Å². The lowest BCUT2D eigenvalue weighted by molar-refractivity contribution is -0.128. The van der Waals surface area contributed by atoms with E-state index in [-0.39, 0.29) is 12.0 Å². The first-order valence-electron chi connectivity index (χ1n) is 11.0. The molecule has 4 N–H and O–H groups in total. The fourth-order valence-electron chi connectivity index (χ4n) is 4.59. The molecule has 2 aliphatic heterocycles. The largest absolute Gasteiger partial charge is 0.452 e. The van der Waals surface area contributed by atoms with Crippen molar-refractivity contribution in [3.63, 3.8) is 0 Å². The number of nitrogens with two attached hydrogens (primary N) is 1. The molecule has 4 rings (SSSR count). The molecule has 0 bridgehead atoms. The molecule has 1 atom stereocenters. The van der Waals surface area contributed by atoms with Gasteiger partial charge in [0.15, 0.2) is 11.6 Å². The van der Waals surface area contributed by atoms with Gasteiger partial charge in [-0.05, 0) is 51.4 Å². The predicted molar refractivity (Wildman–Crippen MR) is 120 cm³/mol. The molecule has 2 aliphatic rings. The molecule has 0 saturated carbocycles. The lowest BCUT2D eigenvalue weighted by Crippen LogP contribution is -2.43. The van der Waals surface area contributed by atoms with Gasteiger partial charge < -0.3 is 26.0 Å². The van der Waals surface area contributed by atoms with Gasteiger partial charge in [0.05, 0.1) is 18.2 Å². The fraction of sp³-hybridized carbons (Fsp3) is 0.478. The van der Waals surface area contributed by atoms with Crippen molar-refractivity contribution >= 4 is 17.6 Å². The third kappa shape index (κ3) is 4.75. The van der Waals surface area contributed by atoms with Crippen molar-refractivity contribution in [3.05, 3.63) is 42.1 Å². The maximum atomic E-state index is 14.2. The zero-order valence-corrected chi connectivity index (χ0v) is 18.9. The smallest absolute Gasteiger partial charge is 0.236 e. The molecule has 2 aromatic rings. The first-order valence-corrected chi connectivity index (χ1v) is 11.0. The Hall–Kier alpha value is -3.27. The maximum absolute atomic E-state index is 14.2. The number of aromatic nitrogens is 2. The molecule has 1 spiro atoms. The van der Waals surface area contributed by atoms with E-state index in [1.807, 2.05) is 0 Å². The highest BCUT2D eigenvalue weighted by Crippen LogP contribution is 2.42. The Bertz CT molecular complexity index is 1050. The minimum Gasteiger partial charge on any atom is -0.452 e. The lowest BCUT2D eigenvalue weighted by atomic mass is 9.83. The van der Waals surface area contributed by atoms with Gasteiger partial charge in [0.25, 0.3) is 0 Å². The number of anilines is 1. The molecular weight excluding hydrogens is 427 g/mol. The first-order chi connectivity index (χ1) is 15.7. The molecular formula is C23H29FN6O3. The Balaban J connectivity index is 1.62. The molecule has 9 nitrogen and oxygen atoms in total. The van der Waals surface area contributed by atoms with Crippen molar-refractivity contribution in [2.45, 2.75) is 32.1 Å². The number of hydrogen-bond acceptors (Lipinski definition) is 7. The highest BCUT2D eigenvalue weighted by Gasteiger charge is 2.41. The number of benzene rings is 1. The SMILES string of the molecule is CC(C)(C(=O)NCC(N)=O)c1cc(F)ccc1Oc1cncnc1N1CCC2(CCNC2)C1. The average molecular weight is 457 g/mol. The molecule has 33 heavy (non-hydrogen) atoms. The average Bonchev–Trinajstić information content (AvgIpc) is 3.43. The second kappa shape index (κ2) is 8.93. The second-order valence-electron chi connectivity index (χ2n) is 9.33. The highest BCUT2D eigenvalue weighted by molar-refractivity contribution is 5.91. The topological polar surface area (TPSA) is 122 Å². The third-order valence-electron chi connectivity index (χ3n) is 6.55. The van der Waals surface area contributed by atoms with Gasteiger partial charge in [-0.2, -0.15) is 0 Å². The summed E-state index contributed by atoms with van der Waals surface area (Å²) in [5.74, 6) is -0.240. The quantitative estimate of drug-likeness (QED) is 0.577. The summed E-state index contributed by atoms with van der Waals surface area (Å²) in [6.45, 7) is 6.68. The Morgan fingerprint density at radius 2 is 2.15 bits per heavy atom. The molecule has 176 valence electrons. The number of hydrogen-bond donors (Lipinski definition) is 3. The molecule has 1 aromatic carbocycles. The number of ether oxygens (including phenoxy) is 1. The van der Waals surface area contributed by atoms with E-state index >= 15 is 0 Å². The van der Waals surface area contributed by atoms with Gasteiger partial charge in [-0.25, -0.2) is 14.4 Å². The van der Waals surface area contributed by atoms with Crippen molar-refractivity contribution in [1.29, 1.82) is 0 Å². The number of amides is 2. The van der Waals surface area contributed by atoms with E-state index in [1.165, 1.54) is 24.5 Å². The van der Waals surface area contributed by atoms with Crippen LogP contribution in [0.1, 0.15) is 32.3 Å². The summed E-state index contributed by atoms with van der Waals surface area (Å²) >= 11 is 0. The number of carbonyl (C=O) groups excluding carboxylic acids is 2. The van der Waals surface area contributed by atoms with E-state index in [4.69, 9.17) is 10.5 Å². The van der Waals surface area contributed by atoms with Crippen molar-refractivity contribution in [2.24, 2.45) is 11.1 Å². The Labute approximate surface area is 191 Å². The molecule has 2 amide bonds. The molecule has 0 radical (unpaired) electrons. The van der Waals surface area contributed by atoms with Gasteiger partial charge in [-0.15, -0.1) is 0 Å². The summed E-state index contributed by atoms with van der Waals surface area (Å²) in [7, 11) is 0. The molecule has 10 heteroatoms. The highest BCUT2D eigenvalue weighted by atomic mass is 19.1. The van der Waals surface area contributed by atoms with E-state index in [2.05, 4.69) is 25.5 Å². The summed E-state index contributed by atoms with van der Waals surface area (Å²) in [6, 6.07) is 4.02. The monoisotopic (exact) mass is 456 g/mol. The van der Waals surface area contributed by atoms with Crippen molar-refractivity contribution in [2.75, 3.05) is 37.6 Å². The van der Waals surface area contributed by atoms with Crippen LogP contribution in [0.5, 0.6) is 11.5 Å². The van der Waals surface area contributed by atoms with Gasteiger partial charge in [-0.3, -0.25) is 9.59 Å². The Kier molecular flexibility index (Phi) is 6.20. The lowest BCUT2D eigenvalue weighted by Gasteiger charge is -2.27. The van der Waals surface area contributed by atoms with E-state index in [0.717, 1.165) is 39.0 Å². The van der Waals surface area contributed by atoms with Crippen LogP contribution in [0, 0.1) is 11.2 Å². The number of nitrogens with zero attached hydrogens (tertiary/aromatic N) is 3. The number of halogens is 1. The van der Waals surface area contributed by atoms with Crippen LogP contribution < -0.4 is 26.0 Å². The summed E-state index contributed by atoms with van der Waals surface area (Å²) in [5.41, 5.74) is 4.51. The number of primary amides is 1. The second-order valence-corrected chi connectivity index (χ2v) is 9.33. The molecule has 3 heterocycles. The zero-order chi connectivity index (χ0) is 23.6. The predicted octanol–water partition coefficient (Wildman–Crippen LogP) is 1.48. The summed E-state index contributed by atoms with van der Waals surface area (Å²) in [6.07, 6.45) is 5.25. The van der Waals surface area contributed by atoms with Crippen LogP contribution in [-0.4, -0.2) is 54.5 Å². The summed E-state index contributed by atoms with van der Waals surface area (Å²) < 4.78 is 20.4. The van der Waals surface area contributed by atoms with Crippen LogP contribution in [-0.2, 0) is 15.0 Å². The summed E-state index contributed by atoms with van der Waals surface area (Å²) in [5, 5.41) is 5.93. The van der Waals surface area contributed by atoms with Crippen molar-refractivity contribution in [3.8, 4) is 11.5 Å². The van der Waals surface area contributed by atoms with Gasteiger partial charge in [0, 0.05) is 30.6 Å². The van der Waals surface area contributed by atoms with E-state index in [1.54, 1.807) is 20.0 Å².